The third-order valence-electron chi connectivity index (χ3n) is 3.92. The van der Waals surface area contributed by atoms with Gasteiger partial charge in [0.25, 0.3) is 0 Å². The van der Waals surface area contributed by atoms with Gasteiger partial charge in [-0.05, 0) is 28.8 Å². The van der Waals surface area contributed by atoms with Gasteiger partial charge in [-0.3, -0.25) is 0 Å². The molecule has 1 aliphatic rings. The van der Waals surface area contributed by atoms with E-state index >= 15 is 0 Å². The predicted octanol–water partition coefficient (Wildman–Crippen LogP) is 2.40. The van der Waals surface area contributed by atoms with E-state index in [0.29, 0.717) is 6.54 Å². The molecule has 2 unspecified atom stereocenters. The van der Waals surface area contributed by atoms with Gasteiger partial charge < -0.3 is 15.6 Å². The van der Waals surface area contributed by atoms with Gasteiger partial charge in [0.15, 0.2) is 0 Å². The summed E-state index contributed by atoms with van der Waals surface area (Å²) in [6, 6.07) is 15.9. The summed E-state index contributed by atoms with van der Waals surface area (Å²) >= 11 is 0. The highest BCUT2D eigenvalue weighted by Crippen LogP contribution is 2.34. The van der Waals surface area contributed by atoms with Gasteiger partial charge in [0, 0.05) is 18.9 Å². The van der Waals surface area contributed by atoms with Gasteiger partial charge in [-0.2, -0.15) is 0 Å². The molecule has 0 spiro atoms. The van der Waals surface area contributed by atoms with Gasteiger partial charge in [-0.25, -0.2) is 0 Å². The second kappa shape index (κ2) is 5.65. The first kappa shape index (κ1) is 13.2. The fraction of sp³-hybridized carbons (Fsp3) is 0.294. The summed E-state index contributed by atoms with van der Waals surface area (Å²) in [7, 11) is 0. The Labute approximate surface area is 119 Å². The quantitative estimate of drug-likeness (QED) is 0.896. The summed E-state index contributed by atoms with van der Waals surface area (Å²) in [5.74, 6) is 0.849. The number of hydrogen-bond donors (Lipinski definition) is 2. The average molecular weight is 269 g/mol. The van der Waals surface area contributed by atoms with Crippen LogP contribution in [0, 0.1) is 0 Å². The molecular formula is C17H19NO2. The van der Waals surface area contributed by atoms with E-state index in [1.54, 1.807) is 0 Å². The van der Waals surface area contributed by atoms with Crippen molar-refractivity contribution in [2.24, 2.45) is 5.73 Å². The third kappa shape index (κ3) is 2.42. The van der Waals surface area contributed by atoms with E-state index in [2.05, 4.69) is 0 Å². The van der Waals surface area contributed by atoms with E-state index in [0.717, 1.165) is 29.9 Å². The Morgan fingerprint density at radius 1 is 1.10 bits per heavy atom. The van der Waals surface area contributed by atoms with Crippen LogP contribution in [0.15, 0.2) is 48.5 Å². The van der Waals surface area contributed by atoms with Crippen LogP contribution < -0.4 is 10.5 Å². The Hall–Kier alpha value is -1.84. The molecule has 0 aromatic heterocycles. The maximum Gasteiger partial charge on any atom is 0.122 e. The number of rotatable bonds is 4. The molecule has 104 valence electrons. The van der Waals surface area contributed by atoms with Gasteiger partial charge in [-0.1, -0.05) is 36.4 Å². The topological polar surface area (TPSA) is 55.5 Å². The summed E-state index contributed by atoms with van der Waals surface area (Å²) in [6.07, 6.45) is 0.322. The highest BCUT2D eigenvalue weighted by atomic mass is 16.5. The minimum atomic E-state index is -0.590. The zero-order chi connectivity index (χ0) is 13.9. The maximum absolute atomic E-state index is 10.6. The maximum atomic E-state index is 10.6. The average Bonchev–Trinajstić information content (AvgIpc) is 2.96. The number of fused-ring (bicyclic) bond motifs is 1. The van der Waals surface area contributed by atoms with Crippen LogP contribution >= 0.6 is 0 Å². The Kier molecular flexibility index (Phi) is 3.72. The zero-order valence-electron chi connectivity index (χ0n) is 11.3. The van der Waals surface area contributed by atoms with Gasteiger partial charge in [0.1, 0.15) is 5.75 Å². The van der Waals surface area contributed by atoms with Crippen LogP contribution in [-0.4, -0.2) is 18.3 Å². The smallest absolute Gasteiger partial charge is 0.122 e. The summed E-state index contributed by atoms with van der Waals surface area (Å²) in [4.78, 5) is 0. The minimum absolute atomic E-state index is 0.0865. The molecule has 1 heterocycles. The highest BCUT2D eigenvalue weighted by Gasteiger charge is 2.23. The van der Waals surface area contributed by atoms with Crippen LogP contribution in [0.3, 0.4) is 0 Å². The lowest BCUT2D eigenvalue weighted by molar-refractivity contribution is 0.147. The number of ether oxygens (including phenoxy) is 1. The van der Waals surface area contributed by atoms with Crippen molar-refractivity contribution in [3.8, 4) is 5.75 Å². The lowest BCUT2D eigenvalue weighted by Gasteiger charge is -2.22. The standard InChI is InChI=1S/C17H19NO2/c18-11-15(12-4-2-1-3-5-12)17(19)14-6-7-16-13(10-14)8-9-20-16/h1-7,10,15,17,19H,8-9,11,18H2. The fourth-order valence-corrected chi connectivity index (χ4v) is 2.77. The molecule has 2 atom stereocenters. The lowest BCUT2D eigenvalue weighted by Crippen LogP contribution is -2.20. The molecule has 0 saturated heterocycles. The minimum Gasteiger partial charge on any atom is -0.493 e. The second-order valence-corrected chi connectivity index (χ2v) is 5.16. The molecule has 1 aliphatic heterocycles. The third-order valence-corrected chi connectivity index (χ3v) is 3.92. The first-order chi connectivity index (χ1) is 9.79. The van der Waals surface area contributed by atoms with Crippen molar-refractivity contribution in [2.75, 3.05) is 13.2 Å². The van der Waals surface area contributed by atoms with Crippen LogP contribution in [0.2, 0.25) is 0 Å². The first-order valence-corrected chi connectivity index (χ1v) is 6.98. The molecule has 20 heavy (non-hydrogen) atoms. The van der Waals surface area contributed by atoms with Crippen LogP contribution in [0.5, 0.6) is 5.75 Å². The van der Waals surface area contributed by atoms with Crippen molar-refractivity contribution in [3.63, 3.8) is 0 Å². The van der Waals surface area contributed by atoms with Crippen molar-refractivity contribution in [3.05, 3.63) is 65.2 Å². The van der Waals surface area contributed by atoms with Crippen molar-refractivity contribution < 1.29 is 9.84 Å². The summed E-state index contributed by atoms with van der Waals surface area (Å²) < 4.78 is 5.50. The molecule has 3 heteroatoms. The van der Waals surface area contributed by atoms with Gasteiger partial charge in [0.05, 0.1) is 12.7 Å². The highest BCUT2D eigenvalue weighted by molar-refractivity contribution is 5.41. The molecule has 0 saturated carbocycles. The van der Waals surface area contributed by atoms with E-state index in [-0.39, 0.29) is 5.92 Å². The monoisotopic (exact) mass is 269 g/mol. The molecule has 0 aliphatic carbocycles. The van der Waals surface area contributed by atoms with E-state index in [1.807, 2.05) is 48.5 Å². The molecule has 0 bridgehead atoms. The van der Waals surface area contributed by atoms with Gasteiger partial charge in [-0.15, -0.1) is 0 Å². The Morgan fingerprint density at radius 3 is 2.65 bits per heavy atom. The predicted molar refractivity (Wildman–Crippen MR) is 78.8 cm³/mol. The SMILES string of the molecule is NCC(c1ccccc1)C(O)c1ccc2c(c1)CCO2. The van der Waals surface area contributed by atoms with Crippen molar-refractivity contribution in [2.45, 2.75) is 18.4 Å². The number of hydrogen-bond acceptors (Lipinski definition) is 3. The summed E-state index contributed by atoms with van der Waals surface area (Å²) in [5, 5.41) is 10.6. The number of benzene rings is 2. The Morgan fingerprint density at radius 2 is 1.90 bits per heavy atom. The molecule has 3 nitrogen and oxygen atoms in total. The molecule has 0 radical (unpaired) electrons. The van der Waals surface area contributed by atoms with E-state index in [4.69, 9.17) is 10.5 Å². The molecule has 0 fully saturated rings. The number of aliphatic hydroxyl groups excluding tert-OH is 1. The van der Waals surface area contributed by atoms with Gasteiger partial charge >= 0.3 is 0 Å². The second-order valence-electron chi connectivity index (χ2n) is 5.16. The molecule has 3 rings (SSSR count). The lowest BCUT2D eigenvalue weighted by atomic mass is 9.88. The van der Waals surface area contributed by atoms with Crippen LogP contribution in [0.25, 0.3) is 0 Å². The van der Waals surface area contributed by atoms with E-state index in [1.165, 1.54) is 5.56 Å². The van der Waals surface area contributed by atoms with Crippen LogP contribution in [-0.2, 0) is 6.42 Å². The normalized spacial score (nSPS) is 16.3. The number of aliphatic hydroxyl groups is 1. The first-order valence-electron chi connectivity index (χ1n) is 6.98. The van der Waals surface area contributed by atoms with Crippen LogP contribution in [0.1, 0.15) is 28.7 Å². The zero-order valence-corrected chi connectivity index (χ0v) is 11.3. The molecule has 2 aromatic rings. The molecule has 2 aromatic carbocycles. The van der Waals surface area contributed by atoms with E-state index in [9.17, 15) is 5.11 Å². The van der Waals surface area contributed by atoms with Crippen molar-refractivity contribution in [1.82, 2.24) is 0 Å². The van der Waals surface area contributed by atoms with Crippen molar-refractivity contribution >= 4 is 0 Å². The van der Waals surface area contributed by atoms with Crippen molar-refractivity contribution in [1.29, 1.82) is 0 Å². The fourth-order valence-electron chi connectivity index (χ4n) is 2.77. The summed E-state index contributed by atoms with van der Waals surface area (Å²) in [6.45, 7) is 1.15. The Bertz CT molecular complexity index is 583. The van der Waals surface area contributed by atoms with Gasteiger partial charge in [0.2, 0.25) is 0 Å². The van der Waals surface area contributed by atoms with Crippen LogP contribution in [0.4, 0.5) is 0 Å². The number of nitrogens with two attached hydrogens (primary N) is 1. The van der Waals surface area contributed by atoms with E-state index < -0.39 is 6.10 Å². The summed E-state index contributed by atoms with van der Waals surface area (Å²) in [5.41, 5.74) is 9.02. The Balaban J connectivity index is 1.89. The largest absolute Gasteiger partial charge is 0.493 e. The molecule has 3 N–H and O–H groups in total. The molecule has 0 amide bonds. The molecular weight excluding hydrogens is 250 g/mol.